The van der Waals surface area contributed by atoms with Gasteiger partial charge in [-0.25, -0.2) is 0 Å². The summed E-state index contributed by atoms with van der Waals surface area (Å²) in [7, 11) is 1.58. The van der Waals surface area contributed by atoms with Gasteiger partial charge in [0.25, 0.3) is 0 Å². The van der Waals surface area contributed by atoms with Gasteiger partial charge in [0.05, 0.1) is 13.2 Å². The van der Waals surface area contributed by atoms with Crippen molar-refractivity contribution in [3.8, 4) is 0 Å². The van der Waals surface area contributed by atoms with Crippen LogP contribution in [0.1, 0.15) is 33.6 Å². The predicted molar refractivity (Wildman–Crippen MR) is 62.5 cm³/mol. The molecule has 0 unspecified atom stereocenters. The average molecular weight is 246 g/mol. The van der Waals surface area contributed by atoms with Crippen LogP contribution in [0.25, 0.3) is 0 Å². The molecular formula is C12H22O5. The molecule has 0 saturated carbocycles. The molecule has 0 aliphatic carbocycles. The monoisotopic (exact) mass is 246 g/mol. The first-order chi connectivity index (χ1) is 8.02. The van der Waals surface area contributed by atoms with E-state index in [1.807, 2.05) is 0 Å². The molecule has 0 aliphatic rings. The van der Waals surface area contributed by atoms with E-state index < -0.39 is 17.4 Å². The Balaban J connectivity index is 4.66. The molecule has 0 radical (unpaired) electrons. The molecule has 17 heavy (non-hydrogen) atoms. The van der Waals surface area contributed by atoms with E-state index in [9.17, 15) is 9.59 Å². The number of hydrogen-bond acceptors (Lipinski definition) is 5. The van der Waals surface area contributed by atoms with Crippen molar-refractivity contribution in [1.82, 2.24) is 0 Å². The van der Waals surface area contributed by atoms with Gasteiger partial charge in [0.2, 0.25) is 0 Å². The number of carbonyl (C=O) groups excluding carboxylic acids is 2. The zero-order valence-corrected chi connectivity index (χ0v) is 11.1. The molecule has 0 heterocycles. The highest BCUT2D eigenvalue weighted by atomic mass is 16.6. The summed E-state index contributed by atoms with van der Waals surface area (Å²) in [6, 6.07) is 0. The Labute approximate surface area is 102 Å². The van der Waals surface area contributed by atoms with Crippen molar-refractivity contribution in [3.63, 3.8) is 0 Å². The van der Waals surface area contributed by atoms with Gasteiger partial charge in [-0.15, -0.1) is 0 Å². The topological polar surface area (TPSA) is 61.8 Å². The lowest BCUT2D eigenvalue weighted by atomic mass is 9.85. The van der Waals surface area contributed by atoms with Crippen LogP contribution in [0.5, 0.6) is 0 Å². The van der Waals surface area contributed by atoms with Gasteiger partial charge in [0.1, 0.15) is 0 Å². The standard InChI is InChI=1S/C12H22O5/c1-5-16-10(13)12(3,8-7-9-15-4)11(14)17-6-2/h5-9H2,1-4H3. The summed E-state index contributed by atoms with van der Waals surface area (Å²) in [4.78, 5) is 23.6. The Morgan fingerprint density at radius 2 is 1.53 bits per heavy atom. The molecular weight excluding hydrogens is 224 g/mol. The van der Waals surface area contributed by atoms with Gasteiger partial charge in [-0.1, -0.05) is 0 Å². The van der Waals surface area contributed by atoms with Gasteiger partial charge in [0, 0.05) is 13.7 Å². The number of ether oxygens (including phenoxy) is 3. The van der Waals surface area contributed by atoms with E-state index in [0.29, 0.717) is 19.4 Å². The van der Waals surface area contributed by atoms with Crippen LogP contribution in [0.4, 0.5) is 0 Å². The minimum atomic E-state index is -1.23. The molecule has 0 N–H and O–H groups in total. The van der Waals surface area contributed by atoms with E-state index in [2.05, 4.69) is 0 Å². The Bertz CT molecular complexity index is 231. The van der Waals surface area contributed by atoms with Crippen LogP contribution in [-0.2, 0) is 23.8 Å². The summed E-state index contributed by atoms with van der Waals surface area (Å²) in [5, 5.41) is 0. The molecule has 0 atom stereocenters. The maximum Gasteiger partial charge on any atom is 0.323 e. The van der Waals surface area contributed by atoms with Crippen LogP contribution in [-0.4, -0.2) is 38.9 Å². The van der Waals surface area contributed by atoms with Crippen molar-refractivity contribution in [2.24, 2.45) is 5.41 Å². The first-order valence-corrected chi connectivity index (χ1v) is 5.86. The van der Waals surface area contributed by atoms with E-state index in [4.69, 9.17) is 14.2 Å². The van der Waals surface area contributed by atoms with Crippen molar-refractivity contribution in [1.29, 1.82) is 0 Å². The SMILES string of the molecule is CCOC(=O)C(C)(CCCOC)C(=O)OCC. The lowest BCUT2D eigenvalue weighted by Gasteiger charge is -2.24. The van der Waals surface area contributed by atoms with Crippen LogP contribution < -0.4 is 0 Å². The largest absolute Gasteiger partial charge is 0.465 e. The fraction of sp³-hybridized carbons (Fsp3) is 0.833. The lowest BCUT2D eigenvalue weighted by molar-refractivity contribution is -0.171. The molecule has 0 aromatic carbocycles. The smallest absolute Gasteiger partial charge is 0.323 e. The number of hydrogen-bond donors (Lipinski definition) is 0. The second-order valence-corrected chi connectivity index (χ2v) is 3.87. The predicted octanol–water partition coefficient (Wildman–Crippen LogP) is 1.55. The zero-order chi connectivity index (χ0) is 13.3. The fourth-order valence-electron chi connectivity index (χ4n) is 1.44. The Morgan fingerprint density at radius 1 is 1.06 bits per heavy atom. The van der Waals surface area contributed by atoms with E-state index in [-0.39, 0.29) is 13.2 Å². The third kappa shape index (κ3) is 4.73. The van der Waals surface area contributed by atoms with Gasteiger partial charge < -0.3 is 14.2 Å². The Morgan fingerprint density at radius 3 is 1.88 bits per heavy atom. The molecule has 0 rings (SSSR count). The minimum Gasteiger partial charge on any atom is -0.465 e. The summed E-state index contributed by atoms with van der Waals surface area (Å²) in [5.74, 6) is -1.07. The van der Waals surface area contributed by atoms with Gasteiger partial charge >= 0.3 is 11.9 Å². The first kappa shape index (κ1) is 15.9. The molecule has 100 valence electrons. The number of esters is 2. The molecule has 0 amide bonds. The van der Waals surface area contributed by atoms with Crippen LogP contribution in [0, 0.1) is 5.41 Å². The van der Waals surface area contributed by atoms with Crippen LogP contribution in [0.2, 0.25) is 0 Å². The van der Waals surface area contributed by atoms with E-state index in [1.54, 1.807) is 27.9 Å². The van der Waals surface area contributed by atoms with Crippen LogP contribution in [0.3, 0.4) is 0 Å². The molecule has 5 heteroatoms. The number of methoxy groups -OCH3 is 1. The van der Waals surface area contributed by atoms with Crippen molar-refractivity contribution >= 4 is 11.9 Å². The molecule has 0 aliphatic heterocycles. The van der Waals surface area contributed by atoms with Crippen molar-refractivity contribution < 1.29 is 23.8 Å². The minimum absolute atomic E-state index is 0.248. The van der Waals surface area contributed by atoms with Gasteiger partial charge in [0.15, 0.2) is 5.41 Å². The molecule has 5 nitrogen and oxygen atoms in total. The zero-order valence-electron chi connectivity index (χ0n) is 11.1. The normalized spacial score (nSPS) is 11.1. The highest BCUT2D eigenvalue weighted by Crippen LogP contribution is 2.27. The quantitative estimate of drug-likeness (QED) is 0.369. The number of carbonyl (C=O) groups is 2. The van der Waals surface area contributed by atoms with E-state index in [1.165, 1.54) is 0 Å². The van der Waals surface area contributed by atoms with Crippen molar-refractivity contribution in [2.45, 2.75) is 33.6 Å². The van der Waals surface area contributed by atoms with Gasteiger partial charge in [-0.2, -0.15) is 0 Å². The maximum atomic E-state index is 11.8. The van der Waals surface area contributed by atoms with Crippen LogP contribution >= 0.6 is 0 Å². The molecule has 0 spiro atoms. The Hall–Kier alpha value is -1.10. The highest BCUT2D eigenvalue weighted by Gasteiger charge is 2.43. The summed E-state index contributed by atoms with van der Waals surface area (Å²) < 4.78 is 14.8. The Kier molecular flexibility index (Phi) is 7.54. The van der Waals surface area contributed by atoms with E-state index in [0.717, 1.165) is 0 Å². The number of rotatable bonds is 8. The molecule has 0 fully saturated rings. The van der Waals surface area contributed by atoms with Crippen molar-refractivity contribution in [3.05, 3.63) is 0 Å². The van der Waals surface area contributed by atoms with Gasteiger partial charge in [-0.3, -0.25) is 9.59 Å². The summed E-state index contributed by atoms with van der Waals surface area (Å²) in [5.41, 5.74) is -1.23. The average Bonchev–Trinajstić information content (AvgIpc) is 2.29. The van der Waals surface area contributed by atoms with Gasteiger partial charge in [-0.05, 0) is 33.6 Å². The highest BCUT2D eigenvalue weighted by molar-refractivity contribution is 5.99. The summed E-state index contributed by atoms with van der Waals surface area (Å²) in [6.07, 6.45) is 0.961. The molecule has 0 aromatic rings. The molecule has 0 bridgehead atoms. The summed E-state index contributed by atoms with van der Waals surface area (Å²) >= 11 is 0. The third-order valence-corrected chi connectivity index (χ3v) is 2.48. The second kappa shape index (κ2) is 8.06. The van der Waals surface area contributed by atoms with Crippen LogP contribution in [0.15, 0.2) is 0 Å². The third-order valence-electron chi connectivity index (χ3n) is 2.48. The van der Waals surface area contributed by atoms with Crippen molar-refractivity contribution in [2.75, 3.05) is 26.9 Å². The molecule has 0 saturated heterocycles. The lowest BCUT2D eigenvalue weighted by Crippen LogP contribution is -2.39. The maximum absolute atomic E-state index is 11.8. The summed E-state index contributed by atoms with van der Waals surface area (Å²) in [6.45, 7) is 5.96. The van der Waals surface area contributed by atoms with E-state index >= 15 is 0 Å². The fourth-order valence-corrected chi connectivity index (χ4v) is 1.44. The first-order valence-electron chi connectivity index (χ1n) is 5.86. The molecule has 0 aromatic heterocycles. The second-order valence-electron chi connectivity index (χ2n) is 3.87.